The second-order valence-electron chi connectivity index (χ2n) is 6.39. The first-order chi connectivity index (χ1) is 12.8. The molecule has 0 amide bonds. The van der Waals surface area contributed by atoms with Crippen molar-refractivity contribution in [2.45, 2.75) is 25.4 Å². The van der Waals surface area contributed by atoms with E-state index in [2.05, 4.69) is 46.3 Å². The molecule has 0 unspecified atom stereocenters. The summed E-state index contributed by atoms with van der Waals surface area (Å²) in [5.74, 6) is 5.66. The van der Waals surface area contributed by atoms with Gasteiger partial charge < -0.3 is 15.3 Å². The number of fused-ring (bicyclic) bond motifs is 1. The molecule has 1 aliphatic heterocycles. The van der Waals surface area contributed by atoms with Crippen LogP contribution in [0.5, 0.6) is 0 Å². The molecular weight excluding hydrogens is 362 g/mol. The van der Waals surface area contributed by atoms with Crippen LogP contribution in [0.25, 0.3) is 10.2 Å². The number of aliphatic hydroxyl groups excluding tert-OH is 1. The van der Waals surface area contributed by atoms with Crippen molar-refractivity contribution >= 4 is 38.0 Å². The Labute approximate surface area is 161 Å². The fraction of sp³-hybridized carbons (Fsp3) is 0.350. The van der Waals surface area contributed by atoms with Gasteiger partial charge in [-0.3, -0.25) is 0 Å². The molecule has 0 aliphatic carbocycles. The smallest absolute Gasteiger partial charge is 0.186 e. The Bertz CT molecular complexity index is 904. The number of nitrogens with one attached hydrogen (secondary N) is 1. The highest BCUT2D eigenvalue weighted by atomic mass is 32.1. The van der Waals surface area contributed by atoms with Crippen molar-refractivity contribution in [2.24, 2.45) is 0 Å². The topological polar surface area (TPSA) is 48.4 Å². The van der Waals surface area contributed by atoms with Crippen molar-refractivity contribution in [2.75, 3.05) is 24.6 Å². The highest BCUT2D eigenvalue weighted by molar-refractivity contribution is 7.22. The summed E-state index contributed by atoms with van der Waals surface area (Å²) >= 11 is 3.50. The molecule has 26 heavy (non-hydrogen) atoms. The summed E-state index contributed by atoms with van der Waals surface area (Å²) in [4.78, 5) is 8.50. The lowest BCUT2D eigenvalue weighted by Crippen LogP contribution is -2.45. The highest BCUT2D eigenvalue weighted by Crippen LogP contribution is 2.30. The summed E-state index contributed by atoms with van der Waals surface area (Å²) < 4.78 is 1.26. The maximum absolute atomic E-state index is 8.78. The lowest BCUT2D eigenvalue weighted by Gasteiger charge is -2.33. The van der Waals surface area contributed by atoms with Crippen LogP contribution < -0.4 is 10.2 Å². The molecule has 4 nitrogen and oxygen atoms in total. The molecule has 4 rings (SSSR count). The van der Waals surface area contributed by atoms with E-state index >= 15 is 0 Å². The third kappa shape index (κ3) is 4.08. The van der Waals surface area contributed by atoms with Gasteiger partial charge in [-0.25, -0.2) is 4.98 Å². The van der Waals surface area contributed by atoms with E-state index < -0.39 is 0 Å². The van der Waals surface area contributed by atoms with Crippen LogP contribution in [0.4, 0.5) is 5.13 Å². The number of aliphatic hydroxyl groups is 1. The van der Waals surface area contributed by atoms with Crippen LogP contribution in [0.1, 0.15) is 23.3 Å². The Morgan fingerprint density at radius 2 is 2.27 bits per heavy atom. The molecule has 6 heteroatoms. The van der Waals surface area contributed by atoms with Crippen LogP contribution in [0.3, 0.4) is 0 Å². The van der Waals surface area contributed by atoms with E-state index in [0.717, 1.165) is 35.8 Å². The van der Waals surface area contributed by atoms with Crippen molar-refractivity contribution in [3.8, 4) is 11.8 Å². The van der Waals surface area contributed by atoms with Crippen LogP contribution >= 0.6 is 22.7 Å². The van der Waals surface area contributed by atoms with Crippen LogP contribution in [0.15, 0.2) is 35.7 Å². The summed E-state index contributed by atoms with van der Waals surface area (Å²) in [5.41, 5.74) is 2.08. The van der Waals surface area contributed by atoms with E-state index in [1.807, 2.05) is 11.4 Å². The molecule has 2 N–H and O–H groups in total. The van der Waals surface area contributed by atoms with Gasteiger partial charge >= 0.3 is 0 Å². The number of rotatable bonds is 4. The van der Waals surface area contributed by atoms with E-state index in [9.17, 15) is 0 Å². The molecule has 1 aromatic carbocycles. The molecule has 1 aliphatic rings. The monoisotopic (exact) mass is 383 g/mol. The Kier molecular flexibility index (Phi) is 5.51. The lowest BCUT2D eigenvalue weighted by molar-refractivity contribution is 0.350. The average Bonchev–Trinajstić information content (AvgIpc) is 3.31. The second kappa shape index (κ2) is 8.19. The van der Waals surface area contributed by atoms with Crippen molar-refractivity contribution in [1.82, 2.24) is 10.3 Å². The molecule has 134 valence electrons. The summed E-state index contributed by atoms with van der Waals surface area (Å²) in [6, 6.07) is 10.9. The molecule has 1 fully saturated rings. The number of piperidine rings is 1. The molecule has 2 aromatic heterocycles. The number of nitrogens with zero attached hydrogens (tertiary/aromatic N) is 2. The van der Waals surface area contributed by atoms with Gasteiger partial charge in [-0.2, -0.15) is 0 Å². The van der Waals surface area contributed by atoms with E-state index in [4.69, 9.17) is 10.1 Å². The SMILES string of the molecule is OCC#Cc1csc(CN[C@H]2CCCN(c3nc4ccccc4s3)C2)c1. The van der Waals surface area contributed by atoms with Crippen molar-refractivity contribution < 1.29 is 5.11 Å². The number of thiazole rings is 1. The van der Waals surface area contributed by atoms with Crippen LogP contribution in [0.2, 0.25) is 0 Å². The van der Waals surface area contributed by atoms with Gasteiger partial charge in [0.2, 0.25) is 0 Å². The molecule has 1 saturated heterocycles. The zero-order chi connectivity index (χ0) is 17.8. The average molecular weight is 384 g/mol. The zero-order valence-corrected chi connectivity index (χ0v) is 16.1. The molecule has 3 aromatic rings. The number of para-hydroxylation sites is 1. The Morgan fingerprint density at radius 3 is 3.15 bits per heavy atom. The minimum absolute atomic E-state index is 0.0902. The number of hydrogen-bond acceptors (Lipinski definition) is 6. The number of thiophene rings is 1. The zero-order valence-electron chi connectivity index (χ0n) is 14.4. The number of benzene rings is 1. The fourth-order valence-electron chi connectivity index (χ4n) is 3.24. The molecule has 0 radical (unpaired) electrons. The number of hydrogen-bond donors (Lipinski definition) is 2. The normalized spacial score (nSPS) is 17.3. The Balaban J connectivity index is 1.37. The first kappa shape index (κ1) is 17.5. The van der Waals surface area contributed by atoms with Gasteiger partial charge in [-0.05, 0) is 31.0 Å². The number of aromatic nitrogens is 1. The summed E-state index contributed by atoms with van der Waals surface area (Å²) in [6.07, 6.45) is 2.38. The third-order valence-corrected chi connectivity index (χ3v) is 6.54. The van der Waals surface area contributed by atoms with Crippen LogP contribution in [-0.2, 0) is 6.54 Å². The van der Waals surface area contributed by atoms with Gasteiger partial charge in [-0.15, -0.1) is 11.3 Å². The largest absolute Gasteiger partial charge is 0.384 e. The van der Waals surface area contributed by atoms with E-state index in [-0.39, 0.29) is 6.61 Å². The maximum atomic E-state index is 8.78. The van der Waals surface area contributed by atoms with Gasteiger partial charge in [-0.1, -0.05) is 35.3 Å². The van der Waals surface area contributed by atoms with Gasteiger partial charge in [0.25, 0.3) is 0 Å². The molecule has 0 spiro atoms. The fourth-order valence-corrected chi connectivity index (χ4v) is 5.01. The molecule has 1 atom stereocenters. The van der Waals surface area contributed by atoms with Crippen molar-refractivity contribution in [3.05, 3.63) is 46.2 Å². The molecule has 3 heterocycles. The molecule has 0 bridgehead atoms. The Hall–Kier alpha value is -1.91. The van der Waals surface area contributed by atoms with Gasteiger partial charge in [0.05, 0.1) is 10.2 Å². The minimum atomic E-state index is -0.0902. The predicted molar refractivity (Wildman–Crippen MR) is 110 cm³/mol. The van der Waals surface area contributed by atoms with E-state index in [1.165, 1.54) is 22.4 Å². The van der Waals surface area contributed by atoms with Crippen molar-refractivity contribution in [1.29, 1.82) is 0 Å². The summed E-state index contributed by atoms with van der Waals surface area (Å²) in [6.45, 7) is 2.86. The van der Waals surface area contributed by atoms with Gasteiger partial charge in [0, 0.05) is 41.5 Å². The predicted octanol–water partition coefficient (Wildman–Crippen LogP) is 3.46. The summed E-state index contributed by atoms with van der Waals surface area (Å²) in [5, 5.41) is 15.7. The standard InChI is InChI=1S/C20H21N3OS2/c24-10-4-5-15-11-17(25-14-15)12-21-16-6-3-9-23(13-16)20-22-18-7-1-2-8-19(18)26-20/h1-2,7-8,11,14,16,21,24H,3,6,9-10,12-13H2/t16-/m0/s1. The number of anilines is 1. The van der Waals surface area contributed by atoms with Crippen molar-refractivity contribution in [3.63, 3.8) is 0 Å². The van der Waals surface area contributed by atoms with Crippen LogP contribution in [0, 0.1) is 11.8 Å². The first-order valence-electron chi connectivity index (χ1n) is 8.83. The first-order valence-corrected chi connectivity index (χ1v) is 10.5. The quantitative estimate of drug-likeness (QED) is 0.678. The third-order valence-electron chi connectivity index (χ3n) is 4.51. The Morgan fingerprint density at radius 1 is 1.35 bits per heavy atom. The minimum Gasteiger partial charge on any atom is -0.384 e. The lowest BCUT2D eigenvalue weighted by atomic mass is 10.1. The van der Waals surface area contributed by atoms with Crippen LogP contribution in [-0.4, -0.2) is 35.8 Å². The van der Waals surface area contributed by atoms with E-state index in [1.54, 1.807) is 22.7 Å². The highest BCUT2D eigenvalue weighted by Gasteiger charge is 2.22. The molecular formula is C20H21N3OS2. The maximum Gasteiger partial charge on any atom is 0.186 e. The van der Waals surface area contributed by atoms with Gasteiger partial charge in [0.1, 0.15) is 6.61 Å². The molecule has 0 saturated carbocycles. The second-order valence-corrected chi connectivity index (χ2v) is 8.40. The summed E-state index contributed by atoms with van der Waals surface area (Å²) in [7, 11) is 0. The van der Waals surface area contributed by atoms with Gasteiger partial charge in [0.15, 0.2) is 5.13 Å². The van der Waals surface area contributed by atoms with E-state index in [0.29, 0.717) is 6.04 Å².